The van der Waals surface area contributed by atoms with Crippen LogP contribution in [0, 0.1) is 5.92 Å². The number of aliphatic imine (C=N–C) groups is 1. The summed E-state index contributed by atoms with van der Waals surface area (Å²) in [5.41, 5.74) is 0. The minimum absolute atomic E-state index is 0. The second-order valence-electron chi connectivity index (χ2n) is 6.93. The molecule has 1 amide bonds. The second kappa shape index (κ2) is 14.6. The van der Waals surface area contributed by atoms with E-state index in [0.717, 1.165) is 37.8 Å². The Morgan fingerprint density at radius 2 is 1.88 bits per heavy atom. The van der Waals surface area contributed by atoms with E-state index in [-0.39, 0.29) is 35.9 Å². The van der Waals surface area contributed by atoms with Crippen molar-refractivity contribution in [3.8, 4) is 0 Å². The summed E-state index contributed by atoms with van der Waals surface area (Å²) >= 11 is 0. The van der Waals surface area contributed by atoms with Crippen molar-refractivity contribution in [2.45, 2.75) is 58.9 Å². The quantitative estimate of drug-likeness (QED) is 0.211. The van der Waals surface area contributed by atoms with Crippen LogP contribution in [0.1, 0.15) is 52.9 Å². The van der Waals surface area contributed by atoms with Gasteiger partial charge >= 0.3 is 0 Å². The molecule has 25 heavy (non-hydrogen) atoms. The van der Waals surface area contributed by atoms with E-state index in [9.17, 15) is 4.79 Å². The predicted molar refractivity (Wildman–Crippen MR) is 117 cm³/mol. The molecule has 0 saturated carbocycles. The summed E-state index contributed by atoms with van der Waals surface area (Å²) in [7, 11) is 1.76. The summed E-state index contributed by atoms with van der Waals surface area (Å²) in [5, 5.41) is 9.49. The molecule has 0 bridgehead atoms. The van der Waals surface area contributed by atoms with Crippen LogP contribution >= 0.6 is 24.0 Å². The van der Waals surface area contributed by atoms with Crippen LogP contribution in [0.2, 0.25) is 0 Å². The van der Waals surface area contributed by atoms with Gasteiger partial charge in [-0.2, -0.15) is 0 Å². The number of amides is 1. The Hall–Kier alpha value is -0.570. The molecule has 1 rings (SSSR count). The molecule has 6 nitrogen and oxygen atoms in total. The van der Waals surface area contributed by atoms with Crippen molar-refractivity contribution in [3.05, 3.63) is 0 Å². The average molecular weight is 467 g/mol. The summed E-state index contributed by atoms with van der Waals surface area (Å²) < 4.78 is 0. The number of nitrogens with zero attached hydrogens (tertiary/aromatic N) is 2. The lowest BCUT2D eigenvalue weighted by atomic mass is 9.99. The number of nitrogens with one attached hydrogen (secondary N) is 3. The molecular formula is C18H38IN5O. The molecular weight excluding hydrogens is 429 g/mol. The number of likely N-dealkylation sites (tertiary alicyclic amines) is 1. The van der Waals surface area contributed by atoms with Crippen molar-refractivity contribution in [1.29, 1.82) is 0 Å². The van der Waals surface area contributed by atoms with E-state index in [1.807, 2.05) is 6.92 Å². The van der Waals surface area contributed by atoms with Gasteiger partial charge in [0.1, 0.15) is 0 Å². The van der Waals surface area contributed by atoms with E-state index < -0.39 is 0 Å². The van der Waals surface area contributed by atoms with E-state index in [4.69, 9.17) is 0 Å². The third-order valence-electron chi connectivity index (χ3n) is 4.71. The molecule has 1 unspecified atom stereocenters. The average Bonchev–Trinajstić information content (AvgIpc) is 2.58. The zero-order valence-corrected chi connectivity index (χ0v) is 18.8. The van der Waals surface area contributed by atoms with Crippen molar-refractivity contribution in [1.82, 2.24) is 20.9 Å². The summed E-state index contributed by atoms with van der Waals surface area (Å²) in [4.78, 5) is 18.5. The molecule has 0 spiro atoms. The lowest BCUT2D eigenvalue weighted by Crippen LogP contribution is -2.41. The van der Waals surface area contributed by atoms with Gasteiger partial charge in [-0.25, -0.2) is 0 Å². The molecule has 1 aliphatic heterocycles. The van der Waals surface area contributed by atoms with Gasteiger partial charge in [0.2, 0.25) is 5.91 Å². The third-order valence-corrected chi connectivity index (χ3v) is 4.71. The monoisotopic (exact) mass is 467 g/mol. The fourth-order valence-electron chi connectivity index (χ4n) is 2.76. The van der Waals surface area contributed by atoms with E-state index in [1.54, 1.807) is 7.05 Å². The number of hydrogen-bond donors (Lipinski definition) is 3. The summed E-state index contributed by atoms with van der Waals surface area (Å²) in [6.07, 6.45) is 5.20. The highest BCUT2D eigenvalue weighted by molar-refractivity contribution is 14.0. The standard InChI is InChI=1S/C18H37N5O.HI/c1-5-16(3)22-17(24)7-11-21-18(19-4)20-10-6-12-23-13-8-15(2)9-14-23;/h15-16H,5-14H2,1-4H3,(H,22,24)(H2,19,20,21);1H. The van der Waals surface area contributed by atoms with E-state index in [1.165, 1.54) is 25.9 Å². The number of carbonyl (C=O) groups excluding carboxylic acids is 1. The van der Waals surface area contributed by atoms with Crippen LogP contribution in [0.5, 0.6) is 0 Å². The Morgan fingerprint density at radius 1 is 1.24 bits per heavy atom. The van der Waals surface area contributed by atoms with Crippen LogP contribution in [0.25, 0.3) is 0 Å². The first kappa shape index (κ1) is 24.4. The topological polar surface area (TPSA) is 68.8 Å². The number of rotatable bonds is 9. The minimum atomic E-state index is 0. The van der Waals surface area contributed by atoms with Crippen LogP contribution in [0.4, 0.5) is 0 Å². The molecule has 1 atom stereocenters. The molecule has 3 N–H and O–H groups in total. The van der Waals surface area contributed by atoms with Gasteiger partial charge in [0.05, 0.1) is 0 Å². The third kappa shape index (κ3) is 11.6. The predicted octanol–water partition coefficient (Wildman–Crippen LogP) is 2.20. The van der Waals surface area contributed by atoms with Crippen molar-refractivity contribution in [2.24, 2.45) is 10.9 Å². The maximum Gasteiger partial charge on any atom is 0.221 e. The van der Waals surface area contributed by atoms with E-state index in [2.05, 4.69) is 39.7 Å². The highest BCUT2D eigenvalue weighted by Gasteiger charge is 2.14. The van der Waals surface area contributed by atoms with E-state index in [0.29, 0.717) is 13.0 Å². The Bertz CT molecular complexity index is 384. The zero-order valence-electron chi connectivity index (χ0n) is 16.4. The molecule has 0 aromatic rings. The zero-order chi connectivity index (χ0) is 17.8. The smallest absolute Gasteiger partial charge is 0.221 e. The molecule has 1 saturated heterocycles. The van der Waals surface area contributed by atoms with Gasteiger partial charge in [0, 0.05) is 32.6 Å². The van der Waals surface area contributed by atoms with Gasteiger partial charge < -0.3 is 20.9 Å². The molecule has 1 aliphatic rings. The molecule has 7 heteroatoms. The first-order chi connectivity index (χ1) is 11.5. The first-order valence-corrected chi connectivity index (χ1v) is 9.51. The SMILES string of the molecule is CCC(C)NC(=O)CCNC(=NC)NCCCN1CCC(C)CC1.I. The molecule has 1 fully saturated rings. The summed E-state index contributed by atoms with van der Waals surface area (Å²) in [5.74, 6) is 1.75. The molecule has 0 aliphatic carbocycles. The van der Waals surface area contributed by atoms with Gasteiger partial charge in [-0.15, -0.1) is 24.0 Å². The minimum Gasteiger partial charge on any atom is -0.356 e. The van der Waals surface area contributed by atoms with Crippen LogP contribution in [-0.4, -0.2) is 62.6 Å². The number of carbonyl (C=O) groups is 1. The Balaban J connectivity index is 0.00000576. The van der Waals surface area contributed by atoms with Crippen molar-refractivity contribution >= 4 is 35.8 Å². The lowest BCUT2D eigenvalue weighted by Gasteiger charge is -2.30. The first-order valence-electron chi connectivity index (χ1n) is 9.51. The number of hydrogen-bond acceptors (Lipinski definition) is 3. The summed E-state index contributed by atoms with van der Waals surface area (Å²) in [6, 6.07) is 0.243. The van der Waals surface area contributed by atoms with Crippen LogP contribution in [-0.2, 0) is 4.79 Å². The number of piperidine rings is 1. The largest absolute Gasteiger partial charge is 0.356 e. The van der Waals surface area contributed by atoms with Gasteiger partial charge in [-0.1, -0.05) is 13.8 Å². The Labute approximate surface area is 171 Å². The van der Waals surface area contributed by atoms with Gasteiger partial charge in [-0.05, 0) is 58.2 Å². The Kier molecular flexibility index (Phi) is 14.3. The number of guanidine groups is 1. The van der Waals surface area contributed by atoms with E-state index >= 15 is 0 Å². The van der Waals surface area contributed by atoms with Gasteiger partial charge in [0.15, 0.2) is 5.96 Å². The van der Waals surface area contributed by atoms with Gasteiger partial charge in [-0.3, -0.25) is 9.79 Å². The molecule has 1 heterocycles. The molecule has 148 valence electrons. The molecule has 0 radical (unpaired) electrons. The van der Waals surface area contributed by atoms with Crippen molar-refractivity contribution in [3.63, 3.8) is 0 Å². The molecule has 0 aromatic carbocycles. The van der Waals surface area contributed by atoms with Crippen molar-refractivity contribution < 1.29 is 4.79 Å². The fraction of sp³-hybridized carbons (Fsp3) is 0.889. The maximum absolute atomic E-state index is 11.7. The normalized spacial score (nSPS) is 17.5. The van der Waals surface area contributed by atoms with Crippen LogP contribution in [0.15, 0.2) is 4.99 Å². The highest BCUT2D eigenvalue weighted by Crippen LogP contribution is 2.15. The number of halogens is 1. The van der Waals surface area contributed by atoms with Gasteiger partial charge in [0.25, 0.3) is 0 Å². The molecule has 0 aromatic heterocycles. The highest BCUT2D eigenvalue weighted by atomic mass is 127. The maximum atomic E-state index is 11.7. The Morgan fingerprint density at radius 3 is 2.48 bits per heavy atom. The van der Waals surface area contributed by atoms with Crippen molar-refractivity contribution in [2.75, 3.05) is 39.8 Å². The van der Waals surface area contributed by atoms with Crippen LogP contribution in [0.3, 0.4) is 0 Å². The summed E-state index contributed by atoms with van der Waals surface area (Å²) in [6.45, 7) is 11.6. The fourth-order valence-corrected chi connectivity index (χ4v) is 2.76. The second-order valence-corrected chi connectivity index (χ2v) is 6.93. The lowest BCUT2D eigenvalue weighted by molar-refractivity contribution is -0.121. The van der Waals surface area contributed by atoms with Crippen LogP contribution < -0.4 is 16.0 Å².